The Bertz CT molecular complexity index is 462. The maximum Gasteiger partial charge on any atom is 0.225 e. The zero-order valence-corrected chi connectivity index (χ0v) is 8.81. The first kappa shape index (κ1) is 9.85. The second kappa shape index (κ2) is 3.82. The van der Waals surface area contributed by atoms with Gasteiger partial charge in [-0.15, -0.1) is 15.3 Å². The summed E-state index contributed by atoms with van der Waals surface area (Å²) in [4.78, 5) is 4.06. The van der Waals surface area contributed by atoms with Gasteiger partial charge in [-0.25, -0.2) is 0 Å². The minimum absolute atomic E-state index is 0.295. The Morgan fingerprint density at radius 1 is 1.40 bits per heavy atom. The molecule has 0 radical (unpaired) electrons. The third-order valence-corrected chi connectivity index (χ3v) is 2.03. The van der Waals surface area contributed by atoms with E-state index in [0.717, 1.165) is 6.42 Å². The first-order valence-corrected chi connectivity index (χ1v) is 4.79. The van der Waals surface area contributed by atoms with Crippen molar-refractivity contribution < 1.29 is 0 Å². The van der Waals surface area contributed by atoms with Crippen molar-refractivity contribution in [3.05, 3.63) is 23.1 Å². The minimum atomic E-state index is 0.295. The standard InChI is InChI=1S/C8H9ClN6/c1-2-6-11-8(10)15(14-6)7-4-3-5(9)12-13-7/h3-4H,2H2,1H3,(H2,10,11,14). The molecular weight excluding hydrogens is 216 g/mol. The van der Waals surface area contributed by atoms with Gasteiger partial charge in [0, 0.05) is 6.42 Å². The summed E-state index contributed by atoms with van der Waals surface area (Å²) in [7, 11) is 0. The van der Waals surface area contributed by atoms with E-state index in [4.69, 9.17) is 17.3 Å². The van der Waals surface area contributed by atoms with Gasteiger partial charge < -0.3 is 5.73 Å². The van der Waals surface area contributed by atoms with Crippen LogP contribution in [0.2, 0.25) is 5.15 Å². The topological polar surface area (TPSA) is 82.5 Å². The number of halogens is 1. The van der Waals surface area contributed by atoms with Crippen LogP contribution >= 0.6 is 11.6 Å². The van der Waals surface area contributed by atoms with E-state index in [1.54, 1.807) is 12.1 Å². The van der Waals surface area contributed by atoms with Crippen molar-refractivity contribution in [2.45, 2.75) is 13.3 Å². The number of nitrogens with zero attached hydrogens (tertiary/aromatic N) is 5. The van der Waals surface area contributed by atoms with Gasteiger partial charge in [0.15, 0.2) is 16.8 Å². The van der Waals surface area contributed by atoms with Crippen molar-refractivity contribution in [1.29, 1.82) is 0 Å². The second-order valence-corrected chi connectivity index (χ2v) is 3.25. The fourth-order valence-electron chi connectivity index (χ4n) is 1.11. The molecule has 0 fully saturated rings. The SMILES string of the molecule is CCc1nc(N)n(-c2ccc(Cl)nn2)n1. The molecule has 2 N–H and O–H groups in total. The lowest BCUT2D eigenvalue weighted by molar-refractivity contribution is 0.798. The van der Waals surface area contributed by atoms with Crippen molar-refractivity contribution >= 4 is 17.5 Å². The maximum atomic E-state index is 5.68. The van der Waals surface area contributed by atoms with Crippen molar-refractivity contribution in [2.24, 2.45) is 0 Å². The molecule has 0 aliphatic heterocycles. The molecule has 0 unspecified atom stereocenters. The smallest absolute Gasteiger partial charge is 0.225 e. The van der Waals surface area contributed by atoms with Crippen LogP contribution in [0.15, 0.2) is 12.1 Å². The highest BCUT2D eigenvalue weighted by Crippen LogP contribution is 2.10. The van der Waals surface area contributed by atoms with Gasteiger partial charge in [-0.3, -0.25) is 0 Å². The summed E-state index contributed by atoms with van der Waals surface area (Å²) < 4.78 is 1.43. The molecule has 0 atom stereocenters. The Kier molecular flexibility index (Phi) is 2.51. The molecule has 15 heavy (non-hydrogen) atoms. The van der Waals surface area contributed by atoms with Crippen LogP contribution in [0.5, 0.6) is 0 Å². The van der Waals surface area contributed by atoms with E-state index in [2.05, 4.69) is 20.3 Å². The summed E-state index contributed by atoms with van der Waals surface area (Å²) in [6.07, 6.45) is 0.720. The monoisotopic (exact) mass is 224 g/mol. The Morgan fingerprint density at radius 2 is 2.20 bits per heavy atom. The van der Waals surface area contributed by atoms with Crippen molar-refractivity contribution in [3.63, 3.8) is 0 Å². The molecule has 6 nitrogen and oxygen atoms in total. The average Bonchev–Trinajstić information content (AvgIpc) is 2.61. The highest BCUT2D eigenvalue weighted by molar-refractivity contribution is 6.29. The summed E-state index contributed by atoms with van der Waals surface area (Å²) in [5, 5.41) is 12.0. The summed E-state index contributed by atoms with van der Waals surface area (Å²) in [6.45, 7) is 1.95. The van der Waals surface area contributed by atoms with Gasteiger partial charge in [0.2, 0.25) is 5.95 Å². The van der Waals surface area contributed by atoms with Crippen LogP contribution < -0.4 is 5.73 Å². The van der Waals surface area contributed by atoms with E-state index < -0.39 is 0 Å². The average molecular weight is 225 g/mol. The molecular formula is C8H9ClN6. The van der Waals surface area contributed by atoms with E-state index in [1.165, 1.54) is 4.68 Å². The highest BCUT2D eigenvalue weighted by Gasteiger charge is 2.08. The maximum absolute atomic E-state index is 5.68. The predicted octanol–water partition coefficient (Wildman–Crippen LogP) is 0.855. The fraction of sp³-hybridized carbons (Fsp3) is 0.250. The number of nitrogen functional groups attached to an aromatic ring is 1. The first-order valence-electron chi connectivity index (χ1n) is 4.41. The van der Waals surface area contributed by atoms with Crippen LogP contribution in [-0.2, 0) is 6.42 Å². The van der Waals surface area contributed by atoms with Gasteiger partial charge in [-0.05, 0) is 12.1 Å². The number of aromatic nitrogens is 5. The Balaban J connectivity index is 2.44. The normalized spacial score (nSPS) is 10.5. The highest BCUT2D eigenvalue weighted by atomic mass is 35.5. The molecule has 78 valence electrons. The molecule has 0 aliphatic carbocycles. The van der Waals surface area contributed by atoms with Gasteiger partial charge in [-0.1, -0.05) is 18.5 Å². The quantitative estimate of drug-likeness (QED) is 0.818. The third-order valence-electron chi connectivity index (χ3n) is 1.83. The van der Waals surface area contributed by atoms with Crippen LogP contribution in [0.1, 0.15) is 12.7 Å². The molecule has 0 saturated carbocycles. The summed E-state index contributed by atoms with van der Waals surface area (Å²) in [5.41, 5.74) is 5.68. The van der Waals surface area contributed by atoms with Crippen molar-refractivity contribution in [2.75, 3.05) is 5.73 Å². The van der Waals surface area contributed by atoms with Crippen LogP contribution in [0.3, 0.4) is 0 Å². The van der Waals surface area contributed by atoms with E-state index >= 15 is 0 Å². The molecule has 2 aromatic rings. The van der Waals surface area contributed by atoms with E-state index in [0.29, 0.717) is 22.7 Å². The van der Waals surface area contributed by atoms with E-state index in [9.17, 15) is 0 Å². The van der Waals surface area contributed by atoms with Gasteiger partial charge in [0.1, 0.15) is 0 Å². The lowest BCUT2D eigenvalue weighted by atomic mass is 10.5. The van der Waals surface area contributed by atoms with Gasteiger partial charge in [-0.2, -0.15) is 9.67 Å². The third kappa shape index (κ3) is 1.89. The Morgan fingerprint density at radius 3 is 2.73 bits per heavy atom. The molecule has 2 rings (SSSR count). The fourth-order valence-corrected chi connectivity index (χ4v) is 1.21. The Labute approximate surface area is 91.1 Å². The first-order chi connectivity index (χ1) is 7.20. The van der Waals surface area contributed by atoms with Crippen molar-refractivity contribution in [1.82, 2.24) is 25.0 Å². The van der Waals surface area contributed by atoms with Crippen LogP contribution in [0.25, 0.3) is 5.82 Å². The molecule has 0 bridgehead atoms. The molecule has 0 amide bonds. The summed E-state index contributed by atoms with van der Waals surface area (Å²) in [6, 6.07) is 3.30. The summed E-state index contributed by atoms with van der Waals surface area (Å²) in [5.74, 6) is 1.47. The molecule has 7 heteroatoms. The molecule has 2 heterocycles. The number of anilines is 1. The number of rotatable bonds is 2. The minimum Gasteiger partial charge on any atom is -0.368 e. The molecule has 0 aliphatic rings. The zero-order valence-electron chi connectivity index (χ0n) is 8.05. The second-order valence-electron chi connectivity index (χ2n) is 2.87. The van der Waals surface area contributed by atoms with Crippen molar-refractivity contribution in [3.8, 4) is 5.82 Å². The molecule has 0 spiro atoms. The largest absolute Gasteiger partial charge is 0.368 e. The zero-order chi connectivity index (χ0) is 10.8. The molecule has 0 saturated heterocycles. The number of hydrogen-bond donors (Lipinski definition) is 1. The number of hydrogen-bond acceptors (Lipinski definition) is 5. The van der Waals surface area contributed by atoms with Gasteiger partial charge in [0.25, 0.3) is 0 Å². The lowest BCUT2D eigenvalue weighted by Gasteiger charge is -1.99. The lowest BCUT2D eigenvalue weighted by Crippen LogP contribution is -2.05. The molecule has 0 aromatic carbocycles. The summed E-state index contributed by atoms with van der Waals surface area (Å²) >= 11 is 5.62. The van der Waals surface area contributed by atoms with Crippen LogP contribution in [-0.4, -0.2) is 25.0 Å². The predicted molar refractivity (Wildman–Crippen MR) is 55.7 cm³/mol. The number of aryl methyl sites for hydroxylation is 1. The number of nitrogens with two attached hydrogens (primary N) is 1. The van der Waals surface area contributed by atoms with E-state index in [1.807, 2.05) is 6.92 Å². The molecule has 2 aromatic heterocycles. The van der Waals surface area contributed by atoms with Gasteiger partial charge >= 0.3 is 0 Å². The Hall–Kier alpha value is -1.69. The van der Waals surface area contributed by atoms with Crippen LogP contribution in [0, 0.1) is 0 Å². The van der Waals surface area contributed by atoms with Crippen LogP contribution in [0.4, 0.5) is 5.95 Å². The van der Waals surface area contributed by atoms with Gasteiger partial charge in [0.05, 0.1) is 0 Å². The van der Waals surface area contributed by atoms with E-state index in [-0.39, 0.29) is 0 Å².